The summed E-state index contributed by atoms with van der Waals surface area (Å²) in [6, 6.07) is 13.7. The van der Waals surface area contributed by atoms with Crippen LogP contribution in [-0.4, -0.2) is 11.4 Å². The topological polar surface area (TPSA) is 29.3 Å². The Morgan fingerprint density at radius 2 is 1.86 bits per heavy atom. The zero-order valence-corrected chi connectivity index (χ0v) is 13.7. The summed E-state index contributed by atoms with van der Waals surface area (Å²) < 4.78 is 0. The first-order valence-electron chi connectivity index (χ1n) is 7.09. The van der Waals surface area contributed by atoms with Gasteiger partial charge in [0.25, 0.3) is 0 Å². The van der Waals surface area contributed by atoms with Crippen molar-refractivity contribution in [3.8, 4) is 0 Å². The number of nitrogens with zero attached hydrogens (tertiary/aromatic N) is 1. The van der Waals surface area contributed by atoms with Crippen LogP contribution in [0.2, 0.25) is 10.0 Å². The van der Waals surface area contributed by atoms with Gasteiger partial charge >= 0.3 is 0 Å². The molecule has 0 spiro atoms. The van der Waals surface area contributed by atoms with Crippen LogP contribution in [-0.2, 0) is 13.1 Å². The van der Waals surface area contributed by atoms with Crippen molar-refractivity contribution >= 4 is 28.9 Å². The van der Waals surface area contributed by atoms with E-state index in [0.29, 0.717) is 5.02 Å². The molecule has 0 aliphatic heterocycles. The summed E-state index contributed by atoms with van der Waals surface area (Å²) >= 11 is 12.2. The van der Waals surface area contributed by atoms with Crippen LogP contribution in [0.5, 0.6) is 0 Å². The first kappa shape index (κ1) is 16.2. The molecule has 0 fully saturated rings. The Bertz CT molecular complexity index is 599. The number of benzene rings is 2. The third-order valence-electron chi connectivity index (χ3n) is 3.31. The molecule has 0 aromatic heterocycles. The SMILES string of the molecule is CCCN(Cc1cccc(N)c1)Cc1ccc(Cl)cc1Cl. The minimum absolute atomic E-state index is 0.668. The van der Waals surface area contributed by atoms with Crippen LogP contribution in [0.25, 0.3) is 0 Å². The van der Waals surface area contributed by atoms with E-state index < -0.39 is 0 Å². The Hall–Kier alpha value is -1.22. The molecule has 0 unspecified atom stereocenters. The normalized spacial score (nSPS) is 11.0. The average Bonchev–Trinajstić information content (AvgIpc) is 2.42. The van der Waals surface area contributed by atoms with Crippen molar-refractivity contribution in [1.29, 1.82) is 0 Å². The van der Waals surface area contributed by atoms with Crippen LogP contribution in [0.1, 0.15) is 24.5 Å². The van der Waals surface area contributed by atoms with E-state index in [9.17, 15) is 0 Å². The molecule has 2 nitrogen and oxygen atoms in total. The number of anilines is 1. The summed E-state index contributed by atoms with van der Waals surface area (Å²) in [6.07, 6.45) is 1.09. The quantitative estimate of drug-likeness (QED) is 0.759. The van der Waals surface area contributed by atoms with Gasteiger partial charge in [0, 0.05) is 28.8 Å². The molecular formula is C17H20Cl2N2. The lowest BCUT2D eigenvalue weighted by Crippen LogP contribution is -2.23. The monoisotopic (exact) mass is 322 g/mol. The van der Waals surface area contributed by atoms with Gasteiger partial charge in [0.2, 0.25) is 0 Å². The second-order valence-corrected chi connectivity index (χ2v) is 6.04. The minimum atomic E-state index is 0.668. The maximum Gasteiger partial charge on any atom is 0.0465 e. The Balaban J connectivity index is 2.11. The number of nitrogens with two attached hydrogens (primary N) is 1. The highest BCUT2D eigenvalue weighted by Gasteiger charge is 2.09. The summed E-state index contributed by atoms with van der Waals surface area (Å²) in [5.74, 6) is 0. The average molecular weight is 323 g/mol. The molecular weight excluding hydrogens is 303 g/mol. The summed E-state index contributed by atoms with van der Waals surface area (Å²) in [7, 11) is 0. The summed E-state index contributed by atoms with van der Waals surface area (Å²) in [5, 5.41) is 1.39. The van der Waals surface area contributed by atoms with Gasteiger partial charge in [-0.15, -0.1) is 0 Å². The third kappa shape index (κ3) is 4.92. The highest BCUT2D eigenvalue weighted by Crippen LogP contribution is 2.23. The number of nitrogen functional groups attached to an aromatic ring is 1. The molecule has 2 aromatic carbocycles. The number of rotatable bonds is 6. The van der Waals surface area contributed by atoms with Gasteiger partial charge in [-0.2, -0.15) is 0 Å². The van der Waals surface area contributed by atoms with Gasteiger partial charge in [0.1, 0.15) is 0 Å². The predicted octanol–water partition coefficient (Wildman–Crippen LogP) is 4.99. The van der Waals surface area contributed by atoms with Crippen molar-refractivity contribution in [2.75, 3.05) is 12.3 Å². The van der Waals surface area contributed by atoms with Crippen LogP contribution in [0.4, 0.5) is 5.69 Å². The molecule has 0 saturated heterocycles. The number of hydrogen-bond donors (Lipinski definition) is 1. The summed E-state index contributed by atoms with van der Waals surface area (Å²) in [5.41, 5.74) is 8.96. The van der Waals surface area contributed by atoms with E-state index in [0.717, 1.165) is 42.3 Å². The fraction of sp³-hybridized carbons (Fsp3) is 0.294. The molecule has 0 bridgehead atoms. The Morgan fingerprint density at radius 3 is 2.52 bits per heavy atom. The molecule has 112 valence electrons. The molecule has 0 saturated carbocycles. The zero-order chi connectivity index (χ0) is 15.2. The van der Waals surface area contributed by atoms with Gasteiger partial charge < -0.3 is 5.73 Å². The first-order chi connectivity index (χ1) is 10.1. The van der Waals surface area contributed by atoms with Gasteiger partial charge in [-0.1, -0.05) is 48.3 Å². The molecule has 4 heteroatoms. The molecule has 2 rings (SSSR count). The third-order valence-corrected chi connectivity index (χ3v) is 3.89. The van der Waals surface area contributed by atoms with E-state index in [1.807, 2.05) is 30.3 Å². The maximum atomic E-state index is 6.27. The highest BCUT2D eigenvalue weighted by molar-refractivity contribution is 6.35. The smallest absolute Gasteiger partial charge is 0.0465 e. The van der Waals surface area contributed by atoms with Crippen LogP contribution in [0.15, 0.2) is 42.5 Å². The molecule has 0 atom stereocenters. The molecule has 0 aliphatic rings. The Kier molecular flexibility index (Phi) is 5.92. The van der Waals surface area contributed by atoms with E-state index in [4.69, 9.17) is 28.9 Å². The van der Waals surface area contributed by atoms with Gasteiger partial charge in [0.15, 0.2) is 0 Å². The second-order valence-electron chi connectivity index (χ2n) is 5.19. The van der Waals surface area contributed by atoms with Crippen LogP contribution in [0.3, 0.4) is 0 Å². The Labute approximate surface area is 136 Å². The lowest BCUT2D eigenvalue weighted by Gasteiger charge is -2.22. The molecule has 21 heavy (non-hydrogen) atoms. The van der Waals surface area contributed by atoms with E-state index in [-0.39, 0.29) is 0 Å². The minimum Gasteiger partial charge on any atom is -0.399 e. The fourth-order valence-electron chi connectivity index (χ4n) is 2.37. The van der Waals surface area contributed by atoms with Crippen LogP contribution < -0.4 is 5.73 Å². The predicted molar refractivity (Wildman–Crippen MR) is 91.7 cm³/mol. The van der Waals surface area contributed by atoms with Gasteiger partial charge in [-0.05, 0) is 48.4 Å². The van der Waals surface area contributed by atoms with Crippen LogP contribution in [0, 0.1) is 0 Å². The van der Waals surface area contributed by atoms with Crippen molar-refractivity contribution in [2.45, 2.75) is 26.4 Å². The maximum absolute atomic E-state index is 6.27. The van der Waals surface area contributed by atoms with E-state index in [1.54, 1.807) is 6.07 Å². The number of hydrogen-bond acceptors (Lipinski definition) is 2. The van der Waals surface area contributed by atoms with Crippen molar-refractivity contribution in [3.63, 3.8) is 0 Å². The fourth-order valence-corrected chi connectivity index (χ4v) is 2.84. The number of halogens is 2. The van der Waals surface area contributed by atoms with Gasteiger partial charge in [0.05, 0.1) is 0 Å². The van der Waals surface area contributed by atoms with Crippen molar-refractivity contribution in [1.82, 2.24) is 4.90 Å². The molecule has 0 heterocycles. The van der Waals surface area contributed by atoms with E-state index >= 15 is 0 Å². The molecule has 0 amide bonds. The standard InChI is InChI=1S/C17H20Cl2N2/c1-2-8-21(11-13-4-3-5-16(20)9-13)12-14-6-7-15(18)10-17(14)19/h3-7,9-10H,2,8,11-12,20H2,1H3. The molecule has 2 N–H and O–H groups in total. The van der Waals surface area contributed by atoms with E-state index in [2.05, 4.69) is 17.9 Å². The van der Waals surface area contributed by atoms with Crippen LogP contribution >= 0.6 is 23.2 Å². The molecule has 0 aliphatic carbocycles. The van der Waals surface area contributed by atoms with Crippen molar-refractivity contribution in [3.05, 3.63) is 63.6 Å². The van der Waals surface area contributed by atoms with Gasteiger partial charge in [-0.3, -0.25) is 4.90 Å². The van der Waals surface area contributed by atoms with E-state index in [1.165, 1.54) is 5.56 Å². The van der Waals surface area contributed by atoms with Gasteiger partial charge in [-0.25, -0.2) is 0 Å². The first-order valence-corrected chi connectivity index (χ1v) is 7.84. The molecule has 2 aromatic rings. The van der Waals surface area contributed by atoms with Crippen molar-refractivity contribution in [2.24, 2.45) is 0 Å². The second kappa shape index (κ2) is 7.69. The molecule has 0 radical (unpaired) electrons. The lowest BCUT2D eigenvalue weighted by molar-refractivity contribution is 0.257. The van der Waals surface area contributed by atoms with Crippen molar-refractivity contribution < 1.29 is 0 Å². The Morgan fingerprint density at radius 1 is 1.05 bits per heavy atom. The lowest BCUT2D eigenvalue weighted by atomic mass is 10.1. The largest absolute Gasteiger partial charge is 0.399 e. The highest BCUT2D eigenvalue weighted by atomic mass is 35.5. The summed E-state index contributed by atoms with van der Waals surface area (Å²) in [4.78, 5) is 2.36. The summed E-state index contributed by atoms with van der Waals surface area (Å²) in [6.45, 7) is 4.85. The zero-order valence-electron chi connectivity index (χ0n) is 12.2.